The number of aliphatic imine (C=N–C) groups is 1. The van der Waals surface area contributed by atoms with Gasteiger partial charge in [-0.25, -0.2) is 4.99 Å². The standard InChI is InChI=1S/C21H22N4O5S/c1-3-11-24-20(27)18(31-21(24)22-14-7-5-4-6-8-14)13-19(26)23-16-10-9-15(25(28)29)12-17(16)30-2/h4-10,12,18H,3,11,13H2,1-2H3,(H,23,26). The van der Waals surface area contributed by atoms with Gasteiger partial charge in [0.1, 0.15) is 11.0 Å². The van der Waals surface area contributed by atoms with Crippen LogP contribution in [0.3, 0.4) is 0 Å². The second-order valence-corrected chi connectivity index (χ2v) is 7.89. The Morgan fingerprint density at radius 1 is 1.29 bits per heavy atom. The lowest BCUT2D eigenvalue weighted by atomic mass is 10.2. The third kappa shape index (κ3) is 5.40. The summed E-state index contributed by atoms with van der Waals surface area (Å²) < 4.78 is 5.14. The Hall–Kier alpha value is -3.40. The molecule has 10 heteroatoms. The van der Waals surface area contributed by atoms with Gasteiger partial charge in [-0.2, -0.15) is 0 Å². The number of thioether (sulfide) groups is 1. The van der Waals surface area contributed by atoms with Crippen molar-refractivity contribution in [2.45, 2.75) is 25.0 Å². The highest BCUT2D eigenvalue weighted by Crippen LogP contribution is 2.33. The van der Waals surface area contributed by atoms with Crippen molar-refractivity contribution < 1.29 is 19.2 Å². The van der Waals surface area contributed by atoms with Gasteiger partial charge in [-0.05, 0) is 24.6 Å². The molecule has 162 valence electrons. The number of carbonyl (C=O) groups excluding carboxylic acids is 2. The van der Waals surface area contributed by atoms with E-state index in [0.29, 0.717) is 17.4 Å². The van der Waals surface area contributed by atoms with Crippen LogP contribution < -0.4 is 10.1 Å². The fraction of sp³-hybridized carbons (Fsp3) is 0.286. The molecule has 1 heterocycles. The predicted octanol–water partition coefficient (Wildman–Crippen LogP) is 3.97. The first-order chi connectivity index (χ1) is 14.9. The summed E-state index contributed by atoms with van der Waals surface area (Å²) in [6.07, 6.45) is 0.705. The highest BCUT2D eigenvalue weighted by atomic mass is 32.2. The molecule has 1 N–H and O–H groups in total. The number of nitrogens with zero attached hydrogens (tertiary/aromatic N) is 3. The fourth-order valence-corrected chi connectivity index (χ4v) is 4.22. The molecular formula is C21H22N4O5S. The molecule has 31 heavy (non-hydrogen) atoms. The highest BCUT2D eigenvalue weighted by molar-refractivity contribution is 8.15. The zero-order valence-corrected chi connectivity index (χ0v) is 17.9. The molecule has 2 aromatic carbocycles. The summed E-state index contributed by atoms with van der Waals surface area (Å²) in [5.41, 5.74) is 0.894. The number of benzene rings is 2. The van der Waals surface area contributed by atoms with Gasteiger partial charge in [0, 0.05) is 19.0 Å². The summed E-state index contributed by atoms with van der Waals surface area (Å²) in [4.78, 5) is 42.0. The molecular weight excluding hydrogens is 420 g/mol. The van der Waals surface area contributed by atoms with Crippen molar-refractivity contribution in [1.29, 1.82) is 0 Å². The van der Waals surface area contributed by atoms with E-state index in [1.165, 1.54) is 37.1 Å². The first-order valence-electron chi connectivity index (χ1n) is 9.67. The first-order valence-corrected chi connectivity index (χ1v) is 10.5. The summed E-state index contributed by atoms with van der Waals surface area (Å²) in [6, 6.07) is 13.2. The van der Waals surface area contributed by atoms with Crippen LogP contribution in [0, 0.1) is 10.1 Å². The van der Waals surface area contributed by atoms with Crippen LogP contribution in [-0.4, -0.2) is 45.7 Å². The summed E-state index contributed by atoms with van der Waals surface area (Å²) in [7, 11) is 1.36. The summed E-state index contributed by atoms with van der Waals surface area (Å²) in [5, 5.41) is 13.6. The minimum atomic E-state index is -0.599. The summed E-state index contributed by atoms with van der Waals surface area (Å²) in [6.45, 7) is 2.49. The Kier molecular flexibility index (Phi) is 7.24. The third-order valence-corrected chi connectivity index (χ3v) is 5.66. The number of hydrogen-bond donors (Lipinski definition) is 1. The lowest BCUT2D eigenvalue weighted by Crippen LogP contribution is -2.34. The van der Waals surface area contributed by atoms with Crippen molar-refractivity contribution in [3.05, 3.63) is 58.6 Å². The number of amidine groups is 1. The minimum absolute atomic E-state index is 0.0579. The summed E-state index contributed by atoms with van der Waals surface area (Å²) >= 11 is 1.26. The Balaban J connectivity index is 1.73. The number of carbonyl (C=O) groups is 2. The number of ether oxygens (including phenoxy) is 1. The predicted molar refractivity (Wildman–Crippen MR) is 120 cm³/mol. The van der Waals surface area contributed by atoms with Gasteiger partial charge in [-0.3, -0.25) is 24.6 Å². The van der Waals surface area contributed by atoms with Crippen molar-refractivity contribution >= 4 is 45.8 Å². The lowest BCUT2D eigenvalue weighted by molar-refractivity contribution is -0.384. The molecule has 1 saturated heterocycles. The molecule has 1 aliphatic heterocycles. The molecule has 0 spiro atoms. The summed E-state index contributed by atoms with van der Waals surface area (Å²) in [5.74, 6) is -0.380. The monoisotopic (exact) mass is 442 g/mol. The van der Waals surface area contributed by atoms with Crippen molar-refractivity contribution in [3.63, 3.8) is 0 Å². The van der Waals surface area contributed by atoms with E-state index in [4.69, 9.17) is 4.74 Å². The Morgan fingerprint density at radius 3 is 2.68 bits per heavy atom. The largest absolute Gasteiger partial charge is 0.494 e. The average molecular weight is 442 g/mol. The normalized spacial score (nSPS) is 17.1. The molecule has 0 aliphatic carbocycles. The van der Waals surface area contributed by atoms with E-state index in [0.717, 1.165) is 12.1 Å². The number of hydrogen-bond acceptors (Lipinski definition) is 7. The molecule has 2 aromatic rings. The van der Waals surface area contributed by atoms with Crippen LogP contribution in [0.5, 0.6) is 5.75 Å². The van der Waals surface area contributed by atoms with Crippen LogP contribution in [0.1, 0.15) is 19.8 Å². The molecule has 1 fully saturated rings. The Morgan fingerprint density at radius 2 is 2.03 bits per heavy atom. The smallest absolute Gasteiger partial charge is 0.273 e. The molecule has 0 saturated carbocycles. The zero-order valence-electron chi connectivity index (χ0n) is 17.1. The number of rotatable bonds is 8. The first kappa shape index (κ1) is 22.3. The molecule has 1 aliphatic rings. The highest BCUT2D eigenvalue weighted by Gasteiger charge is 2.38. The second kappa shape index (κ2) is 10.1. The number of para-hydroxylation sites is 1. The topological polar surface area (TPSA) is 114 Å². The maximum atomic E-state index is 12.9. The molecule has 1 unspecified atom stereocenters. The molecule has 1 atom stereocenters. The molecule has 0 aromatic heterocycles. The maximum absolute atomic E-state index is 12.9. The SMILES string of the molecule is CCCN1C(=O)C(CC(=O)Nc2ccc([N+](=O)[O-])cc2OC)SC1=Nc1ccccc1. The van der Waals surface area contributed by atoms with E-state index < -0.39 is 16.1 Å². The Bertz CT molecular complexity index is 1010. The maximum Gasteiger partial charge on any atom is 0.273 e. The number of methoxy groups -OCH3 is 1. The van der Waals surface area contributed by atoms with Crippen molar-refractivity contribution in [3.8, 4) is 5.75 Å². The lowest BCUT2D eigenvalue weighted by Gasteiger charge is -2.15. The number of non-ortho nitro benzene ring substituents is 1. The van der Waals surface area contributed by atoms with Gasteiger partial charge in [0.05, 0.1) is 29.5 Å². The van der Waals surface area contributed by atoms with Crippen molar-refractivity contribution in [2.75, 3.05) is 19.0 Å². The Labute approximate surface area is 183 Å². The molecule has 3 rings (SSSR count). The quantitative estimate of drug-likeness (QED) is 0.489. The van der Waals surface area contributed by atoms with Crippen LogP contribution in [0.15, 0.2) is 53.5 Å². The van der Waals surface area contributed by atoms with Gasteiger partial charge in [-0.1, -0.05) is 36.9 Å². The number of nitro groups is 1. The third-order valence-electron chi connectivity index (χ3n) is 4.49. The van der Waals surface area contributed by atoms with Crippen molar-refractivity contribution in [2.24, 2.45) is 4.99 Å². The van der Waals surface area contributed by atoms with E-state index in [1.54, 1.807) is 4.90 Å². The van der Waals surface area contributed by atoms with Gasteiger partial charge in [0.2, 0.25) is 11.8 Å². The van der Waals surface area contributed by atoms with Crippen LogP contribution in [0.25, 0.3) is 0 Å². The van der Waals surface area contributed by atoms with Crippen LogP contribution in [0.2, 0.25) is 0 Å². The molecule has 2 amide bonds. The van der Waals surface area contributed by atoms with Gasteiger partial charge in [0.25, 0.3) is 5.69 Å². The molecule has 9 nitrogen and oxygen atoms in total. The fourth-order valence-electron chi connectivity index (χ4n) is 3.03. The van der Waals surface area contributed by atoms with Gasteiger partial charge >= 0.3 is 0 Å². The molecule has 0 radical (unpaired) electrons. The molecule has 0 bridgehead atoms. The van der Waals surface area contributed by atoms with Gasteiger partial charge < -0.3 is 10.1 Å². The number of anilines is 1. The van der Waals surface area contributed by atoms with Gasteiger partial charge in [-0.15, -0.1) is 0 Å². The van der Waals surface area contributed by atoms with Crippen molar-refractivity contribution in [1.82, 2.24) is 4.90 Å². The van der Waals surface area contributed by atoms with E-state index in [1.807, 2.05) is 37.3 Å². The van der Waals surface area contributed by atoms with Crippen LogP contribution in [-0.2, 0) is 9.59 Å². The van der Waals surface area contributed by atoms with Gasteiger partial charge in [0.15, 0.2) is 5.17 Å². The van der Waals surface area contributed by atoms with E-state index in [9.17, 15) is 19.7 Å². The van der Waals surface area contributed by atoms with E-state index >= 15 is 0 Å². The number of nitro benzene ring substituents is 1. The average Bonchev–Trinajstić information content (AvgIpc) is 3.03. The number of nitrogens with one attached hydrogen (secondary N) is 1. The van der Waals surface area contributed by atoms with Crippen LogP contribution in [0.4, 0.5) is 17.1 Å². The zero-order chi connectivity index (χ0) is 22.4. The number of amides is 2. The second-order valence-electron chi connectivity index (χ2n) is 6.72. The van der Waals surface area contributed by atoms with E-state index in [2.05, 4.69) is 10.3 Å². The minimum Gasteiger partial charge on any atom is -0.494 e. The van der Waals surface area contributed by atoms with Crippen LogP contribution >= 0.6 is 11.8 Å². The van der Waals surface area contributed by atoms with E-state index in [-0.39, 0.29) is 23.8 Å².